The van der Waals surface area contributed by atoms with Gasteiger partial charge in [0.1, 0.15) is 17.6 Å². The summed E-state index contributed by atoms with van der Waals surface area (Å²) >= 11 is 0. The van der Waals surface area contributed by atoms with Gasteiger partial charge in [-0.3, -0.25) is 14.9 Å². The Labute approximate surface area is 121 Å². The number of aromatic nitrogens is 1. The number of nitrogens with zero attached hydrogens (tertiary/aromatic N) is 2. The van der Waals surface area contributed by atoms with Gasteiger partial charge < -0.3 is 10.6 Å². The van der Waals surface area contributed by atoms with E-state index in [1.54, 1.807) is 7.05 Å². The zero-order valence-corrected chi connectivity index (χ0v) is 12.2. The zero-order valence-electron chi connectivity index (χ0n) is 11.4. The van der Waals surface area contributed by atoms with Crippen molar-refractivity contribution in [2.24, 2.45) is 0 Å². The van der Waals surface area contributed by atoms with Gasteiger partial charge in [-0.2, -0.15) is 0 Å². The quantitative estimate of drug-likeness (QED) is 0.343. The van der Waals surface area contributed by atoms with Crippen molar-refractivity contribution in [3.63, 3.8) is 0 Å². The molecule has 0 radical (unpaired) electrons. The van der Waals surface area contributed by atoms with E-state index in [9.17, 15) is 23.3 Å². The summed E-state index contributed by atoms with van der Waals surface area (Å²) < 4.78 is 23.9. The first-order chi connectivity index (χ1) is 9.74. The number of carbonyl (C=O) groups is 1. The molecule has 1 heterocycles. The maximum absolute atomic E-state index is 11.9. The molecule has 0 saturated heterocycles. The summed E-state index contributed by atoms with van der Waals surface area (Å²) in [6.07, 6.45) is 1.97. The van der Waals surface area contributed by atoms with E-state index in [1.165, 1.54) is 6.07 Å². The highest BCUT2D eigenvalue weighted by molar-refractivity contribution is 7.88. The minimum Gasteiger partial charge on any atom is -0.373 e. The molecule has 0 fully saturated rings. The lowest BCUT2D eigenvalue weighted by Gasteiger charge is -2.07. The average molecular weight is 317 g/mol. The van der Waals surface area contributed by atoms with Gasteiger partial charge in [-0.1, -0.05) is 0 Å². The van der Waals surface area contributed by atoms with Gasteiger partial charge >= 0.3 is 0 Å². The minimum absolute atomic E-state index is 0.000265. The van der Waals surface area contributed by atoms with Crippen LogP contribution < -0.4 is 15.4 Å². The van der Waals surface area contributed by atoms with Crippen molar-refractivity contribution in [1.29, 1.82) is 0 Å². The summed E-state index contributed by atoms with van der Waals surface area (Å²) in [6, 6.07) is 1.25. The average Bonchev–Trinajstić information content (AvgIpc) is 2.41. The van der Waals surface area contributed by atoms with E-state index in [2.05, 4.69) is 20.3 Å². The molecule has 0 bridgehead atoms. The van der Waals surface area contributed by atoms with Crippen molar-refractivity contribution in [1.82, 2.24) is 15.0 Å². The highest BCUT2D eigenvalue weighted by atomic mass is 32.2. The van der Waals surface area contributed by atoms with E-state index in [0.29, 0.717) is 5.82 Å². The Balaban J connectivity index is 2.79. The lowest BCUT2D eigenvalue weighted by molar-refractivity contribution is -0.385. The molecule has 11 heteroatoms. The summed E-state index contributed by atoms with van der Waals surface area (Å²) in [5, 5.41) is 15.9. The van der Waals surface area contributed by atoms with Gasteiger partial charge in [0.15, 0.2) is 0 Å². The second-order valence-corrected chi connectivity index (χ2v) is 5.85. The molecule has 1 rings (SSSR count). The van der Waals surface area contributed by atoms with Crippen LogP contribution in [0, 0.1) is 10.1 Å². The number of nitro groups is 1. The van der Waals surface area contributed by atoms with E-state index in [0.717, 1.165) is 12.5 Å². The largest absolute Gasteiger partial charge is 0.373 e. The molecule has 1 aromatic rings. The minimum atomic E-state index is -3.35. The zero-order chi connectivity index (χ0) is 16.0. The molecule has 1 aromatic heterocycles. The molecular formula is C10H15N5O5S. The highest BCUT2D eigenvalue weighted by Crippen LogP contribution is 2.19. The molecule has 0 aliphatic rings. The molecule has 0 atom stereocenters. The fraction of sp³-hybridized carbons (Fsp3) is 0.400. The van der Waals surface area contributed by atoms with E-state index in [-0.39, 0.29) is 18.7 Å². The normalized spacial score (nSPS) is 11.0. The second kappa shape index (κ2) is 6.95. The lowest BCUT2D eigenvalue weighted by atomic mass is 10.2. The molecule has 1 amide bonds. The Kier molecular flexibility index (Phi) is 5.55. The number of nitrogens with one attached hydrogen (secondary N) is 3. The number of rotatable bonds is 7. The van der Waals surface area contributed by atoms with Crippen molar-refractivity contribution in [3.05, 3.63) is 27.9 Å². The van der Waals surface area contributed by atoms with E-state index in [4.69, 9.17) is 0 Å². The molecule has 3 N–H and O–H groups in total. The first-order valence-corrected chi connectivity index (χ1v) is 7.68. The van der Waals surface area contributed by atoms with Crippen LogP contribution in [0.5, 0.6) is 0 Å². The van der Waals surface area contributed by atoms with Crippen molar-refractivity contribution >= 4 is 27.4 Å². The van der Waals surface area contributed by atoms with Crippen LogP contribution in [0.4, 0.5) is 11.5 Å². The smallest absolute Gasteiger partial charge is 0.300 e. The fourth-order valence-corrected chi connectivity index (χ4v) is 1.89. The molecule has 0 spiro atoms. The lowest BCUT2D eigenvalue weighted by Crippen LogP contribution is -2.34. The van der Waals surface area contributed by atoms with Crippen molar-refractivity contribution in [2.75, 3.05) is 31.7 Å². The number of hydrogen-bond acceptors (Lipinski definition) is 7. The molecule has 0 aliphatic heterocycles. The van der Waals surface area contributed by atoms with Crippen LogP contribution in [0.15, 0.2) is 12.3 Å². The number of hydrogen-bond donors (Lipinski definition) is 3. The van der Waals surface area contributed by atoms with Crippen LogP contribution in [0.25, 0.3) is 0 Å². The van der Waals surface area contributed by atoms with Crippen molar-refractivity contribution < 1.29 is 18.1 Å². The van der Waals surface area contributed by atoms with E-state index >= 15 is 0 Å². The first kappa shape index (κ1) is 16.8. The van der Waals surface area contributed by atoms with Crippen LogP contribution in [-0.2, 0) is 10.0 Å². The van der Waals surface area contributed by atoms with Crippen LogP contribution in [0.3, 0.4) is 0 Å². The third-order valence-corrected chi connectivity index (χ3v) is 3.08. The Morgan fingerprint density at radius 2 is 2.10 bits per heavy atom. The SMILES string of the molecule is CNc1cc(C(=O)NCCNS(C)(=O)=O)c([N+](=O)[O-])cn1. The summed E-state index contributed by atoms with van der Waals surface area (Å²) in [4.78, 5) is 25.8. The monoisotopic (exact) mass is 317 g/mol. The van der Waals surface area contributed by atoms with Crippen molar-refractivity contribution in [3.8, 4) is 0 Å². The summed E-state index contributed by atoms with van der Waals surface area (Å²) in [7, 11) is -1.79. The molecule has 0 unspecified atom stereocenters. The van der Waals surface area contributed by atoms with E-state index < -0.39 is 26.5 Å². The van der Waals surface area contributed by atoms with Crippen LogP contribution in [0.1, 0.15) is 10.4 Å². The van der Waals surface area contributed by atoms with Gasteiger partial charge in [0.25, 0.3) is 11.6 Å². The van der Waals surface area contributed by atoms with Crippen LogP contribution >= 0.6 is 0 Å². The Bertz CT molecular complexity index is 645. The molecule has 0 aromatic carbocycles. The number of anilines is 1. The first-order valence-electron chi connectivity index (χ1n) is 5.79. The van der Waals surface area contributed by atoms with Gasteiger partial charge in [0.2, 0.25) is 10.0 Å². The highest BCUT2D eigenvalue weighted by Gasteiger charge is 2.21. The maximum Gasteiger partial charge on any atom is 0.300 e. The predicted molar refractivity (Wildman–Crippen MR) is 75.6 cm³/mol. The van der Waals surface area contributed by atoms with Gasteiger partial charge in [-0.15, -0.1) is 0 Å². The van der Waals surface area contributed by atoms with Crippen LogP contribution in [-0.4, -0.2) is 50.6 Å². The molecule has 21 heavy (non-hydrogen) atoms. The second-order valence-electron chi connectivity index (χ2n) is 4.02. The van der Waals surface area contributed by atoms with Gasteiger partial charge in [-0.05, 0) is 0 Å². The fourth-order valence-electron chi connectivity index (χ4n) is 1.42. The van der Waals surface area contributed by atoms with Crippen LogP contribution in [0.2, 0.25) is 0 Å². The third kappa shape index (κ3) is 5.31. The van der Waals surface area contributed by atoms with Crippen molar-refractivity contribution in [2.45, 2.75) is 0 Å². The van der Waals surface area contributed by atoms with Gasteiger partial charge in [0, 0.05) is 26.2 Å². The number of carbonyl (C=O) groups excluding carboxylic acids is 1. The summed E-state index contributed by atoms with van der Waals surface area (Å²) in [5.41, 5.74) is -0.582. The molecule has 0 saturated carbocycles. The Hall–Kier alpha value is -2.27. The molecule has 0 aliphatic carbocycles. The maximum atomic E-state index is 11.9. The third-order valence-electron chi connectivity index (χ3n) is 2.36. The predicted octanol–water partition coefficient (Wildman–Crippen LogP) is -0.689. The number of sulfonamides is 1. The molecule has 116 valence electrons. The number of amides is 1. The topological polar surface area (TPSA) is 143 Å². The molecular weight excluding hydrogens is 302 g/mol. The summed E-state index contributed by atoms with van der Waals surface area (Å²) in [5.74, 6) is -0.379. The summed E-state index contributed by atoms with van der Waals surface area (Å²) in [6.45, 7) is -0.0113. The van der Waals surface area contributed by atoms with E-state index in [1.807, 2.05) is 0 Å². The standard InChI is InChI=1S/C10H15N5O5S/c1-11-9-5-7(8(6-13-9)15(17)18)10(16)12-3-4-14-21(2,19)20/h5-6,14H,3-4H2,1-2H3,(H,11,13)(H,12,16). The Morgan fingerprint density at radius 3 is 2.62 bits per heavy atom. The van der Waals surface area contributed by atoms with Gasteiger partial charge in [0.05, 0.1) is 11.2 Å². The Morgan fingerprint density at radius 1 is 1.43 bits per heavy atom. The molecule has 10 nitrogen and oxygen atoms in total. The number of pyridine rings is 1. The van der Waals surface area contributed by atoms with Gasteiger partial charge in [-0.25, -0.2) is 18.1 Å².